The SMILES string of the molecule is CCCCCCCCCCCCCCCCCCCCCCC/C=C/C(O)C(CO)NC(=O)CCCCCCCCCCCCCCCCCCC/C=C\C/C=C\CCCCCCCCCCCOC(=O)CCCCCCCCCCCCCCCCCC. The van der Waals surface area contributed by atoms with Crippen LogP contribution in [0, 0.1) is 0 Å². The highest BCUT2D eigenvalue weighted by molar-refractivity contribution is 5.76. The summed E-state index contributed by atoms with van der Waals surface area (Å²) in [7, 11) is 0. The van der Waals surface area contributed by atoms with E-state index in [9.17, 15) is 19.8 Å². The number of nitrogens with one attached hydrogen (secondary N) is 1. The predicted molar refractivity (Wildman–Crippen MR) is 393 cm³/mol. The largest absolute Gasteiger partial charge is 0.466 e. The van der Waals surface area contributed by atoms with Gasteiger partial charge in [0.05, 0.1) is 25.4 Å². The van der Waals surface area contributed by atoms with Crippen LogP contribution in [0.2, 0.25) is 0 Å². The van der Waals surface area contributed by atoms with Crippen LogP contribution in [0.3, 0.4) is 0 Å². The van der Waals surface area contributed by atoms with Gasteiger partial charge in [0, 0.05) is 12.8 Å². The van der Waals surface area contributed by atoms with Crippen LogP contribution in [0.4, 0.5) is 0 Å². The number of unbranched alkanes of at least 4 members (excludes halogenated alkanes) is 62. The van der Waals surface area contributed by atoms with Crippen LogP contribution in [0.15, 0.2) is 36.5 Å². The molecule has 1 amide bonds. The Kier molecular flexibility index (Phi) is 76.8. The maximum Gasteiger partial charge on any atom is 0.305 e. The van der Waals surface area contributed by atoms with Crippen molar-refractivity contribution in [1.29, 1.82) is 0 Å². The number of amides is 1. The first kappa shape index (κ1) is 87.1. The topological polar surface area (TPSA) is 95.9 Å². The van der Waals surface area contributed by atoms with E-state index in [0.717, 1.165) is 44.9 Å². The summed E-state index contributed by atoms with van der Waals surface area (Å²) in [5, 5.41) is 23.3. The fraction of sp³-hybridized carbons (Fsp3) is 0.904. The Morgan fingerprint density at radius 2 is 0.562 bits per heavy atom. The number of hydrogen-bond acceptors (Lipinski definition) is 5. The number of hydrogen-bond donors (Lipinski definition) is 3. The van der Waals surface area contributed by atoms with Crippen molar-refractivity contribution in [2.24, 2.45) is 0 Å². The van der Waals surface area contributed by atoms with Gasteiger partial charge < -0.3 is 20.3 Å². The molecule has 0 aliphatic rings. The predicted octanol–water partition coefficient (Wildman–Crippen LogP) is 27.0. The van der Waals surface area contributed by atoms with Crippen molar-refractivity contribution in [2.75, 3.05) is 13.2 Å². The standard InChI is InChI=1S/C83H159NO5/c1-3-5-7-9-11-13-15-17-19-21-22-23-35-38-41-44-47-51-55-59-63-67-71-75-81(86)80(79-85)84-82(87)76-72-68-64-60-56-52-48-45-42-39-36-33-31-29-27-25-24-26-28-30-32-34-37-40-43-46-50-54-58-62-66-70-74-78-89-83(88)77-73-69-65-61-57-53-49-20-18-16-14-12-10-8-6-4-2/h28,30,34,37,71,75,80-81,85-86H,3-27,29,31-33,35-36,38-70,72-74,76-79H2,1-2H3,(H,84,87)/b30-28-,37-34-,75-71+. The van der Waals surface area contributed by atoms with E-state index in [2.05, 4.69) is 43.5 Å². The number of carbonyl (C=O) groups is 2. The molecule has 2 unspecified atom stereocenters. The molecule has 3 N–H and O–H groups in total. The third kappa shape index (κ3) is 75.0. The van der Waals surface area contributed by atoms with Crippen LogP contribution in [0.1, 0.15) is 457 Å². The Morgan fingerprint density at radius 1 is 0.315 bits per heavy atom. The number of rotatable bonds is 77. The molecular formula is C83H159NO5. The smallest absolute Gasteiger partial charge is 0.305 e. The molecule has 0 aromatic heterocycles. The lowest BCUT2D eigenvalue weighted by Crippen LogP contribution is -2.45. The van der Waals surface area contributed by atoms with Crippen LogP contribution in [-0.2, 0) is 14.3 Å². The van der Waals surface area contributed by atoms with Gasteiger partial charge in [-0.15, -0.1) is 0 Å². The molecule has 526 valence electrons. The summed E-state index contributed by atoms with van der Waals surface area (Å²) in [6, 6.07) is -0.628. The number of allylic oxidation sites excluding steroid dienone is 5. The van der Waals surface area contributed by atoms with E-state index in [1.807, 2.05) is 6.08 Å². The van der Waals surface area contributed by atoms with Gasteiger partial charge in [-0.3, -0.25) is 9.59 Å². The minimum atomic E-state index is -0.845. The second-order valence-corrected chi connectivity index (χ2v) is 28.1. The lowest BCUT2D eigenvalue weighted by molar-refractivity contribution is -0.143. The fourth-order valence-electron chi connectivity index (χ4n) is 13.0. The van der Waals surface area contributed by atoms with Crippen LogP contribution >= 0.6 is 0 Å². The maximum atomic E-state index is 12.6. The van der Waals surface area contributed by atoms with Crippen molar-refractivity contribution in [2.45, 2.75) is 469 Å². The monoisotopic (exact) mass is 1250 g/mol. The number of carbonyl (C=O) groups excluding carboxylic acids is 2. The lowest BCUT2D eigenvalue weighted by atomic mass is 10.0. The number of aliphatic hydroxyl groups excluding tert-OH is 2. The van der Waals surface area contributed by atoms with E-state index < -0.39 is 12.1 Å². The van der Waals surface area contributed by atoms with Gasteiger partial charge in [0.2, 0.25) is 5.91 Å². The first-order valence-corrected chi connectivity index (χ1v) is 40.8. The molecule has 0 rings (SSSR count). The van der Waals surface area contributed by atoms with Gasteiger partial charge in [-0.1, -0.05) is 416 Å². The quantitative estimate of drug-likeness (QED) is 0.0320. The van der Waals surface area contributed by atoms with E-state index in [1.54, 1.807) is 6.08 Å². The Labute approximate surface area is 557 Å². The summed E-state index contributed by atoms with van der Waals surface area (Å²) in [6.45, 7) is 4.96. The molecule has 0 bridgehead atoms. The maximum absolute atomic E-state index is 12.6. The Morgan fingerprint density at radius 3 is 0.854 bits per heavy atom. The van der Waals surface area contributed by atoms with Gasteiger partial charge in [-0.05, 0) is 64.2 Å². The molecule has 0 saturated heterocycles. The molecule has 0 aromatic carbocycles. The first-order chi connectivity index (χ1) is 44.0. The van der Waals surface area contributed by atoms with E-state index in [4.69, 9.17) is 4.74 Å². The summed E-state index contributed by atoms with van der Waals surface area (Å²) in [5.74, 6) is -0.0429. The van der Waals surface area contributed by atoms with Crippen molar-refractivity contribution < 1.29 is 24.5 Å². The van der Waals surface area contributed by atoms with Gasteiger partial charge in [-0.25, -0.2) is 0 Å². The van der Waals surface area contributed by atoms with Crippen molar-refractivity contribution in [3.05, 3.63) is 36.5 Å². The minimum absolute atomic E-state index is 0.0183. The highest BCUT2D eigenvalue weighted by Crippen LogP contribution is 2.20. The van der Waals surface area contributed by atoms with Gasteiger partial charge in [0.25, 0.3) is 0 Å². The second-order valence-electron chi connectivity index (χ2n) is 28.1. The van der Waals surface area contributed by atoms with Crippen LogP contribution in [0.25, 0.3) is 0 Å². The number of esters is 1. The zero-order valence-electron chi connectivity index (χ0n) is 60.4. The van der Waals surface area contributed by atoms with Crippen LogP contribution in [-0.4, -0.2) is 47.4 Å². The van der Waals surface area contributed by atoms with Crippen LogP contribution < -0.4 is 5.32 Å². The van der Waals surface area contributed by atoms with Crippen LogP contribution in [0.5, 0.6) is 0 Å². The Balaban J connectivity index is 3.39. The fourth-order valence-corrected chi connectivity index (χ4v) is 13.0. The normalized spacial score (nSPS) is 12.6. The number of ether oxygens (including phenoxy) is 1. The molecule has 0 aliphatic heterocycles. The Hall–Kier alpha value is -1.92. The molecule has 6 heteroatoms. The van der Waals surface area contributed by atoms with Crippen molar-refractivity contribution in [1.82, 2.24) is 5.32 Å². The summed E-state index contributed by atoms with van der Waals surface area (Å²) in [6.07, 6.45) is 103. The van der Waals surface area contributed by atoms with Gasteiger partial charge in [0.1, 0.15) is 0 Å². The van der Waals surface area contributed by atoms with E-state index >= 15 is 0 Å². The summed E-state index contributed by atoms with van der Waals surface area (Å²) in [5.41, 5.74) is 0. The van der Waals surface area contributed by atoms with Gasteiger partial charge in [0.15, 0.2) is 0 Å². The van der Waals surface area contributed by atoms with Crippen molar-refractivity contribution in [3.63, 3.8) is 0 Å². The van der Waals surface area contributed by atoms with Gasteiger partial charge in [-0.2, -0.15) is 0 Å². The minimum Gasteiger partial charge on any atom is -0.466 e. The zero-order valence-corrected chi connectivity index (χ0v) is 60.4. The molecule has 0 aliphatic carbocycles. The van der Waals surface area contributed by atoms with E-state index in [-0.39, 0.29) is 18.5 Å². The molecule has 6 nitrogen and oxygen atoms in total. The highest BCUT2D eigenvalue weighted by Gasteiger charge is 2.18. The molecule has 89 heavy (non-hydrogen) atoms. The molecule has 0 aromatic rings. The highest BCUT2D eigenvalue weighted by atomic mass is 16.5. The summed E-state index contributed by atoms with van der Waals surface area (Å²) in [4.78, 5) is 24.7. The third-order valence-electron chi connectivity index (χ3n) is 19.2. The average molecular weight is 1250 g/mol. The molecular weight excluding hydrogens is 1090 g/mol. The first-order valence-electron chi connectivity index (χ1n) is 40.8. The summed E-state index contributed by atoms with van der Waals surface area (Å²) < 4.78 is 5.51. The lowest BCUT2D eigenvalue weighted by Gasteiger charge is -2.20. The van der Waals surface area contributed by atoms with Crippen molar-refractivity contribution in [3.8, 4) is 0 Å². The molecule has 0 heterocycles. The molecule has 0 fully saturated rings. The molecule has 0 saturated carbocycles. The zero-order chi connectivity index (χ0) is 64.2. The van der Waals surface area contributed by atoms with Gasteiger partial charge >= 0.3 is 5.97 Å². The number of aliphatic hydroxyl groups is 2. The van der Waals surface area contributed by atoms with Crippen molar-refractivity contribution >= 4 is 11.9 Å². The van der Waals surface area contributed by atoms with E-state index in [1.165, 1.54) is 385 Å². The molecule has 0 spiro atoms. The molecule has 2 atom stereocenters. The second kappa shape index (κ2) is 78.5. The molecule has 0 radical (unpaired) electrons. The Bertz CT molecular complexity index is 1440. The van der Waals surface area contributed by atoms with E-state index in [0.29, 0.717) is 19.4 Å². The average Bonchev–Trinajstić information content (AvgIpc) is 3.57. The third-order valence-corrected chi connectivity index (χ3v) is 19.2. The summed E-state index contributed by atoms with van der Waals surface area (Å²) >= 11 is 0.